The lowest BCUT2D eigenvalue weighted by Gasteiger charge is -2.06. The molecule has 0 bridgehead atoms. The maximum atomic E-state index is 4.31. The number of aryl methyl sites for hydroxylation is 2. The molecule has 0 atom stereocenters. The first-order chi connectivity index (χ1) is 6.22. The zero-order chi connectivity index (χ0) is 9.68. The van der Waals surface area contributed by atoms with Gasteiger partial charge in [-0.2, -0.15) is 5.10 Å². The fourth-order valence-electron chi connectivity index (χ4n) is 1.15. The van der Waals surface area contributed by atoms with Gasteiger partial charge < -0.3 is 4.90 Å². The Balaban J connectivity index is 2.28. The van der Waals surface area contributed by atoms with Gasteiger partial charge in [-0.25, -0.2) is 4.98 Å². The summed E-state index contributed by atoms with van der Waals surface area (Å²) in [7, 11) is 4.16. The minimum atomic E-state index is 0.903. The number of hydrogen-bond donors (Lipinski definition) is 0. The summed E-state index contributed by atoms with van der Waals surface area (Å²) in [6, 6.07) is 0. The molecule has 1 aromatic heterocycles. The molecule has 0 spiro atoms. The highest BCUT2D eigenvalue weighted by atomic mass is 15.3. The van der Waals surface area contributed by atoms with Crippen molar-refractivity contribution >= 4 is 0 Å². The molecule has 1 aromatic rings. The standard InChI is InChI=1S/C9H18N4/c1-4-13-8-10-9(11-13)6-5-7-12(2)3/h8H,4-7H2,1-3H3. The van der Waals surface area contributed by atoms with Crippen molar-refractivity contribution in [3.05, 3.63) is 12.2 Å². The molecular weight excluding hydrogens is 164 g/mol. The lowest BCUT2D eigenvalue weighted by molar-refractivity contribution is 0.398. The molecular formula is C9H18N4. The van der Waals surface area contributed by atoms with E-state index in [1.54, 1.807) is 6.33 Å². The Labute approximate surface area is 79.6 Å². The summed E-state index contributed by atoms with van der Waals surface area (Å²) in [5.74, 6) is 0.962. The van der Waals surface area contributed by atoms with E-state index in [4.69, 9.17) is 0 Å². The van der Waals surface area contributed by atoms with Crippen molar-refractivity contribution < 1.29 is 0 Å². The van der Waals surface area contributed by atoms with E-state index >= 15 is 0 Å². The first-order valence-corrected chi connectivity index (χ1v) is 4.75. The third-order valence-electron chi connectivity index (χ3n) is 1.91. The summed E-state index contributed by atoms with van der Waals surface area (Å²) in [6.07, 6.45) is 3.90. The van der Waals surface area contributed by atoms with E-state index in [0.717, 1.165) is 31.8 Å². The van der Waals surface area contributed by atoms with Crippen LogP contribution in [-0.2, 0) is 13.0 Å². The molecule has 74 valence electrons. The third kappa shape index (κ3) is 3.55. The molecule has 0 fully saturated rings. The van der Waals surface area contributed by atoms with Crippen LogP contribution in [0.4, 0.5) is 0 Å². The maximum absolute atomic E-state index is 4.31. The van der Waals surface area contributed by atoms with Crippen molar-refractivity contribution in [2.45, 2.75) is 26.3 Å². The van der Waals surface area contributed by atoms with Crippen LogP contribution in [0.5, 0.6) is 0 Å². The Kier molecular flexibility index (Phi) is 3.89. The molecule has 1 rings (SSSR count). The normalized spacial score (nSPS) is 11.1. The van der Waals surface area contributed by atoms with E-state index in [9.17, 15) is 0 Å². The van der Waals surface area contributed by atoms with Crippen LogP contribution >= 0.6 is 0 Å². The molecule has 0 saturated carbocycles. The zero-order valence-electron chi connectivity index (χ0n) is 8.69. The highest BCUT2D eigenvalue weighted by molar-refractivity contribution is 4.81. The highest BCUT2D eigenvalue weighted by Gasteiger charge is 1.99. The summed E-state index contributed by atoms with van der Waals surface area (Å²) in [6.45, 7) is 4.07. The van der Waals surface area contributed by atoms with E-state index in [1.807, 2.05) is 4.68 Å². The molecule has 0 aliphatic rings. The maximum Gasteiger partial charge on any atom is 0.150 e. The van der Waals surface area contributed by atoms with Crippen LogP contribution in [0.15, 0.2) is 6.33 Å². The molecule has 4 heteroatoms. The highest BCUT2D eigenvalue weighted by Crippen LogP contribution is 1.96. The smallest absolute Gasteiger partial charge is 0.150 e. The molecule has 0 amide bonds. The van der Waals surface area contributed by atoms with E-state index < -0.39 is 0 Å². The predicted octanol–water partition coefficient (Wildman–Crippen LogP) is 0.792. The number of aromatic nitrogens is 3. The van der Waals surface area contributed by atoms with Gasteiger partial charge in [-0.3, -0.25) is 4.68 Å². The van der Waals surface area contributed by atoms with Crippen molar-refractivity contribution in [3.8, 4) is 0 Å². The molecule has 13 heavy (non-hydrogen) atoms. The van der Waals surface area contributed by atoms with Gasteiger partial charge in [0.15, 0.2) is 5.82 Å². The molecule has 0 saturated heterocycles. The second kappa shape index (κ2) is 4.97. The van der Waals surface area contributed by atoms with Gasteiger partial charge in [0, 0.05) is 13.0 Å². The lowest BCUT2D eigenvalue weighted by Crippen LogP contribution is -2.13. The van der Waals surface area contributed by atoms with Crippen molar-refractivity contribution in [2.24, 2.45) is 0 Å². The van der Waals surface area contributed by atoms with Gasteiger partial charge in [0.05, 0.1) is 0 Å². The summed E-state index contributed by atoms with van der Waals surface area (Å²) < 4.78 is 1.87. The zero-order valence-corrected chi connectivity index (χ0v) is 8.69. The Morgan fingerprint density at radius 2 is 2.23 bits per heavy atom. The van der Waals surface area contributed by atoms with E-state index in [2.05, 4.69) is 36.0 Å². The van der Waals surface area contributed by atoms with Crippen LogP contribution in [0.2, 0.25) is 0 Å². The monoisotopic (exact) mass is 182 g/mol. The van der Waals surface area contributed by atoms with Crippen LogP contribution in [0.1, 0.15) is 19.2 Å². The number of hydrogen-bond acceptors (Lipinski definition) is 3. The SMILES string of the molecule is CCn1cnc(CCCN(C)C)n1. The Hall–Kier alpha value is -0.900. The van der Waals surface area contributed by atoms with Gasteiger partial charge in [-0.15, -0.1) is 0 Å². The second-order valence-electron chi connectivity index (χ2n) is 3.42. The third-order valence-corrected chi connectivity index (χ3v) is 1.91. The molecule has 1 heterocycles. The van der Waals surface area contributed by atoms with Gasteiger partial charge in [-0.05, 0) is 34.0 Å². The van der Waals surface area contributed by atoms with Crippen molar-refractivity contribution in [1.82, 2.24) is 19.7 Å². The number of rotatable bonds is 5. The summed E-state index contributed by atoms with van der Waals surface area (Å²) in [5.41, 5.74) is 0. The topological polar surface area (TPSA) is 34.0 Å². The van der Waals surface area contributed by atoms with Crippen molar-refractivity contribution in [3.63, 3.8) is 0 Å². The van der Waals surface area contributed by atoms with Crippen molar-refractivity contribution in [2.75, 3.05) is 20.6 Å². The van der Waals surface area contributed by atoms with Crippen LogP contribution in [-0.4, -0.2) is 40.3 Å². The average molecular weight is 182 g/mol. The lowest BCUT2D eigenvalue weighted by atomic mass is 10.3. The largest absolute Gasteiger partial charge is 0.309 e. The minimum Gasteiger partial charge on any atom is -0.309 e. The summed E-state index contributed by atoms with van der Waals surface area (Å²) >= 11 is 0. The Morgan fingerprint density at radius 1 is 1.46 bits per heavy atom. The second-order valence-corrected chi connectivity index (χ2v) is 3.42. The van der Waals surface area contributed by atoms with E-state index in [-0.39, 0.29) is 0 Å². The summed E-state index contributed by atoms with van der Waals surface area (Å²) in [4.78, 5) is 6.39. The molecule has 0 aliphatic heterocycles. The molecule has 0 aliphatic carbocycles. The fraction of sp³-hybridized carbons (Fsp3) is 0.778. The minimum absolute atomic E-state index is 0.903. The van der Waals surface area contributed by atoms with Gasteiger partial charge in [-0.1, -0.05) is 0 Å². The van der Waals surface area contributed by atoms with Gasteiger partial charge in [0.25, 0.3) is 0 Å². The predicted molar refractivity (Wildman–Crippen MR) is 52.6 cm³/mol. The van der Waals surface area contributed by atoms with Crippen LogP contribution in [0, 0.1) is 0 Å². The van der Waals surface area contributed by atoms with Crippen molar-refractivity contribution in [1.29, 1.82) is 0 Å². The molecule has 0 N–H and O–H groups in total. The molecule has 0 aromatic carbocycles. The fourth-order valence-corrected chi connectivity index (χ4v) is 1.15. The quantitative estimate of drug-likeness (QED) is 0.675. The first kappa shape index (κ1) is 10.2. The molecule has 0 radical (unpaired) electrons. The van der Waals surface area contributed by atoms with E-state index in [1.165, 1.54) is 0 Å². The summed E-state index contributed by atoms with van der Waals surface area (Å²) in [5, 5.41) is 4.31. The molecule has 4 nitrogen and oxygen atoms in total. The number of nitrogens with zero attached hydrogens (tertiary/aromatic N) is 4. The average Bonchev–Trinajstić information content (AvgIpc) is 2.52. The molecule has 0 unspecified atom stereocenters. The van der Waals surface area contributed by atoms with Gasteiger partial charge in [0.1, 0.15) is 6.33 Å². The van der Waals surface area contributed by atoms with Crippen LogP contribution in [0.3, 0.4) is 0 Å². The van der Waals surface area contributed by atoms with Gasteiger partial charge in [0.2, 0.25) is 0 Å². The van der Waals surface area contributed by atoms with Crippen LogP contribution < -0.4 is 0 Å². The Morgan fingerprint density at radius 3 is 2.77 bits per heavy atom. The Bertz CT molecular complexity index is 242. The first-order valence-electron chi connectivity index (χ1n) is 4.75. The van der Waals surface area contributed by atoms with Gasteiger partial charge >= 0.3 is 0 Å². The van der Waals surface area contributed by atoms with Crippen LogP contribution in [0.25, 0.3) is 0 Å². The van der Waals surface area contributed by atoms with E-state index in [0.29, 0.717) is 0 Å².